The second kappa shape index (κ2) is 8.97. The van der Waals surface area contributed by atoms with Gasteiger partial charge in [0.25, 0.3) is 0 Å². The quantitative estimate of drug-likeness (QED) is 0.405. The van der Waals surface area contributed by atoms with E-state index in [2.05, 4.69) is 29.3 Å². The molecule has 30 heavy (non-hydrogen) atoms. The zero-order valence-electron chi connectivity index (χ0n) is 16.9. The van der Waals surface area contributed by atoms with Crippen LogP contribution in [0.25, 0.3) is 11.4 Å². The summed E-state index contributed by atoms with van der Waals surface area (Å²) in [5.74, 6) is 1.03. The standard InChI is InChI=1S/C24H22N4OS/c1-18-10-9-11-19(16-18)23-25-26-24(27(23)2)30-17-22(29)28(20-12-5-3-6-13-20)21-14-7-4-8-15-21/h3-16H,17H2,1-2H3. The molecule has 0 N–H and O–H groups in total. The molecule has 0 aliphatic carbocycles. The van der Waals surface area contributed by atoms with Crippen molar-refractivity contribution in [1.29, 1.82) is 0 Å². The van der Waals surface area contributed by atoms with Gasteiger partial charge in [0.1, 0.15) is 0 Å². The first-order valence-corrected chi connectivity index (χ1v) is 10.6. The number of rotatable bonds is 6. The molecule has 0 saturated carbocycles. The highest BCUT2D eigenvalue weighted by atomic mass is 32.2. The molecular weight excluding hydrogens is 392 g/mol. The van der Waals surface area contributed by atoms with Gasteiger partial charge in [0.05, 0.1) is 5.75 Å². The number of aryl methyl sites for hydroxylation is 1. The maximum Gasteiger partial charge on any atom is 0.242 e. The number of benzene rings is 3. The molecule has 1 heterocycles. The van der Waals surface area contributed by atoms with Crippen LogP contribution in [0.5, 0.6) is 0 Å². The van der Waals surface area contributed by atoms with Crippen molar-refractivity contribution < 1.29 is 4.79 Å². The van der Waals surface area contributed by atoms with E-state index in [0.717, 1.165) is 22.8 Å². The van der Waals surface area contributed by atoms with Gasteiger partial charge in [0.2, 0.25) is 5.91 Å². The summed E-state index contributed by atoms with van der Waals surface area (Å²) in [5, 5.41) is 9.35. The van der Waals surface area contributed by atoms with Crippen LogP contribution < -0.4 is 4.90 Å². The molecule has 4 rings (SSSR count). The molecule has 0 spiro atoms. The van der Waals surface area contributed by atoms with E-state index in [0.29, 0.717) is 5.16 Å². The smallest absolute Gasteiger partial charge is 0.242 e. The largest absolute Gasteiger partial charge is 0.305 e. The first-order valence-electron chi connectivity index (χ1n) is 9.66. The number of nitrogens with zero attached hydrogens (tertiary/aromatic N) is 4. The summed E-state index contributed by atoms with van der Waals surface area (Å²) >= 11 is 1.39. The molecule has 3 aromatic carbocycles. The SMILES string of the molecule is Cc1cccc(-c2nnc(SCC(=O)N(c3ccccc3)c3ccccc3)n2C)c1. The minimum Gasteiger partial charge on any atom is -0.305 e. The number of anilines is 2. The second-order valence-electron chi connectivity index (χ2n) is 6.92. The van der Waals surface area contributed by atoms with Crippen LogP contribution >= 0.6 is 11.8 Å². The number of thioether (sulfide) groups is 1. The molecule has 1 aromatic heterocycles. The number of para-hydroxylation sites is 2. The highest BCUT2D eigenvalue weighted by Crippen LogP contribution is 2.28. The Kier molecular flexibility index (Phi) is 5.95. The van der Waals surface area contributed by atoms with Crippen LogP contribution in [0.15, 0.2) is 90.1 Å². The van der Waals surface area contributed by atoms with Crippen LogP contribution in [0.1, 0.15) is 5.56 Å². The normalized spacial score (nSPS) is 10.7. The van der Waals surface area contributed by atoms with E-state index >= 15 is 0 Å². The molecule has 0 bridgehead atoms. The van der Waals surface area contributed by atoms with Gasteiger partial charge in [-0.15, -0.1) is 10.2 Å². The lowest BCUT2D eigenvalue weighted by molar-refractivity contribution is -0.115. The molecule has 150 valence electrons. The molecule has 0 saturated heterocycles. The number of amides is 1. The van der Waals surface area contributed by atoms with Crippen molar-refractivity contribution in [3.63, 3.8) is 0 Å². The summed E-state index contributed by atoms with van der Waals surface area (Å²) in [6, 6.07) is 27.5. The third-order valence-electron chi connectivity index (χ3n) is 4.71. The van der Waals surface area contributed by atoms with Crippen molar-refractivity contribution in [2.24, 2.45) is 7.05 Å². The third kappa shape index (κ3) is 4.28. The summed E-state index contributed by atoms with van der Waals surface area (Å²) < 4.78 is 1.93. The van der Waals surface area contributed by atoms with Crippen LogP contribution in [-0.2, 0) is 11.8 Å². The molecule has 0 unspecified atom stereocenters. The van der Waals surface area contributed by atoms with E-state index in [1.54, 1.807) is 4.90 Å². The second-order valence-corrected chi connectivity index (χ2v) is 7.87. The molecule has 1 amide bonds. The fraction of sp³-hybridized carbons (Fsp3) is 0.125. The van der Waals surface area contributed by atoms with Gasteiger partial charge in [0.15, 0.2) is 11.0 Å². The third-order valence-corrected chi connectivity index (χ3v) is 5.72. The Hall–Kier alpha value is -3.38. The Morgan fingerprint density at radius 3 is 2.13 bits per heavy atom. The molecule has 0 fully saturated rings. The van der Waals surface area contributed by atoms with Crippen LogP contribution in [0.2, 0.25) is 0 Å². The van der Waals surface area contributed by atoms with E-state index in [4.69, 9.17) is 0 Å². The molecule has 6 heteroatoms. The zero-order chi connectivity index (χ0) is 20.9. The van der Waals surface area contributed by atoms with E-state index in [-0.39, 0.29) is 11.7 Å². The highest BCUT2D eigenvalue weighted by molar-refractivity contribution is 7.99. The summed E-state index contributed by atoms with van der Waals surface area (Å²) in [6.45, 7) is 2.05. The zero-order valence-corrected chi connectivity index (χ0v) is 17.7. The fourth-order valence-corrected chi connectivity index (χ4v) is 4.02. The van der Waals surface area contributed by atoms with Crippen molar-refractivity contribution in [1.82, 2.24) is 14.8 Å². The summed E-state index contributed by atoms with van der Waals surface area (Å²) in [4.78, 5) is 14.9. The van der Waals surface area contributed by atoms with E-state index in [1.807, 2.05) is 84.4 Å². The van der Waals surface area contributed by atoms with Gasteiger partial charge >= 0.3 is 0 Å². The molecule has 0 aliphatic rings. The van der Waals surface area contributed by atoms with E-state index in [1.165, 1.54) is 17.3 Å². The topological polar surface area (TPSA) is 51.0 Å². The fourth-order valence-electron chi connectivity index (χ4n) is 3.26. The maximum atomic E-state index is 13.2. The maximum absolute atomic E-state index is 13.2. The lowest BCUT2D eigenvalue weighted by atomic mass is 10.1. The van der Waals surface area contributed by atoms with Crippen molar-refractivity contribution in [3.8, 4) is 11.4 Å². The van der Waals surface area contributed by atoms with Crippen molar-refractivity contribution in [2.45, 2.75) is 12.1 Å². The van der Waals surface area contributed by atoms with Gasteiger partial charge in [0, 0.05) is 24.0 Å². The Bertz CT molecular complexity index is 1100. The minimum atomic E-state index is -0.0162. The highest BCUT2D eigenvalue weighted by Gasteiger charge is 2.20. The Labute approximate surface area is 180 Å². The molecule has 0 aliphatic heterocycles. The number of carbonyl (C=O) groups excluding carboxylic acids is 1. The van der Waals surface area contributed by atoms with Gasteiger partial charge in [-0.1, -0.05) is 71.9 Å². The molecular formula is C24H22N4OS. The van der Waals surface area contributed by atoms with Crippen LogP contribution in [0.4, 0.5) is 11.4 Å². The monoisotopic (exact) mass is 414 g/mol. The van der Waals surface area contributed by atoms with Crippen LogP contribution in [0.3, 0.4) is 0 Å². The Balaban J connectivity index is 1.55. The Morgan fingerprint density at radius 2 is 1.53 bits per heavy atom. The van der Waals surface area contributed by atoms with Crippen LogP contribution in [0, 0.1) is 6.92 Å². The van der Waals surface area contributed by atoms with Crippen molar-refractivity contribution in [2.75, 3.05) is 10.7 Å². The molecule has 0 radical (unpaired) electrons. The van der Waals surface area contributed by atoms with Gasteiger partial charge in [-0.25, -0.2) is 0 Å². The average molecular weight is 415 g/mol. The number of carbonyl (C=O) groups is 1. The summed E-state index contributed by atoms with van der Waals surface area (Å²) in [7, 11) is 1.93. The molecule has 0 atom stereocenters. The van der Waals surface area contributed by atoms with Gasteiger partial charge in [-0.05, 0) is 37.3 Å². The lowest BCUT2D eigenvalue weighted by Gasteiger charge is -2.22. The van der Waals surface area contributed by atoms with Crippen LogP contribution in [-0.4, -0.2) is 26.4 Å². The lowest BCUT2D eigenvalue weighted by Crippen LogP contribution is -2.27. The van der Waals surface area contributed by atoms with E-state index < -0.39 is 0 Å². The number of aromatic nitrogens is 3. The van der Waals surface area contributed by atoms with Crippen molar-refractivity contribution >= 4 is 29.0 Å². The summed E-state index contributed by atoms with van der Waals surface area (Å²) in [5.41, 5.74) is 3.86. The average Bonchev–Trinajstić information content (AvgIpc) is 3.14. The molecule has 5 nitrogen and oxygen atoms in total. The van der Waals surface area contributed by atoms with Gasteiger partial charge in [-0.2, -0.15) is 0 Å². The van der Waals surface area contributed by atoms with E-state index in [9.17, 15) is 4.79 Å². The van der Waals surface area contributed by atoms with Gasteiger partial charge < -0.3 is 4.57 Å². The van der Waals surface area contributed by atoms with Crippen molar-refractivity contribution in [3.05, 3.63) is 90.5 Å². The first kappa shape index (κ1) is 19.9. The number of hydrogen-bond donors (Lipinski definition) is 0. The minimum absolute atomic E-state index is 0.0162. The van der Waals surface area contributed by atoms with Gasteiger partial charge in [-0.3, -0.25) is 9.69 Å². The first-order chi connectivity index (χ1) is 14.6. The predicted octanol–water partition coefficient (Wildman–Crippen LogP) is 5.25. The number of hydrogen-bond acceptors (Lipinski definition) is 4. The molecule has 4 aromatic rings. The Morgan fingerprint density at radius 1 is 0.900 bits per heavy atom. The summed E-state index contributed by atoms with van der Waals surface area (Å²) in [6.07, 6.45) is 0. The predicted molar refractivity (Wildman–Crippen MR) is 122 cm³/mol.